The number of carbonyl (C=O) groups excluding carboxylic acids is 2. The third-order valence-corrected chi connectivity index (χ3v) is 2.18. The fourth-order valence-corrected chi connectivity index (χ4v) is 1.17. The van der Waals surface area contributed by atoms with Crippen LogP contribution >= 0.6 is 0 Å². The van der Waals surface area contributed by atoms with Crippen molar-refractivity contribution in [1.82, 2.24) is 5.32 Å². The lowest BCUT2D eigenvalue weighted by Gasteiger charge is -2.02. The van der Waals surface area contributed by atoms with Gasteiger partial charge in [-0.05, 0) is 33.6 Å². The molecule has 0 radical (unpaired) electrons. The van der Waals surface area contributed by atoms with Crippen LogP contribution < -0.4 is 5.32 Å². The summed E-state index contributed by atoms with van der Waals surface area (Å²) < 4.78 is 4.28. The molecule has 1 amide bonds. The lowest BCUT2D eigenvalue weighted by atomic mass is 10.1. The van der Waals surface area contributed by atoms with E-state index in [0.29, 0.717) is 6.54 Å². The van der Waals surface area contributed by atoms with Gasteiger partial charge in [-0.25, -0.2) is 4.79 Å². The zero-order valence-corrected chi connectivity index (χ0v) is 11.0. The topological polar surface area (TPSA) is 55.4 Å². The van der Waals surface area contributed by atoms with Gasteiger partial charge in [0.1, 0.15) is 0 Å². The van der Waals surface area contributed by atoms with Crippen molar-refractivity contribution in [3.05, 3.63) is 23.3 Å². The minimum atomic E-state index is -0.861. The molecular formula is C13H21NO3. The van der Waals surface area contributed by atoms with Gasteiger partial charge in [-0.2, -0.15) is 0 Å². The van der Waals surface area contributed by atoms with Gasteiger partial charge in [0, 0.05) is 6.54 Å². The number of allylic oxidation sites excluding steroid dienone is 3. The molecule has 0 rings (SSSR count). The van der Waals surface area contributed by atoms with Crippen LogP contribution in [0.1, 0.15) is 33.6 Å². The molecule has 0 aliphatic carbocycles. The van der Waals surface area contributed by atoms with Crippen molar-refractivity contribution in [3.8, 4) is 0 Å². The van der Waals surface area contributed by atoms with Gasteiger partial charge in [-0.3, -0.25) is 4.79 Å². The summed E-state index contributed by atoms with van der Waals surface area (Å²) in [6.45, 7) is 6.49. The Balaban J connectivity index is 3.88. The summed E-state index contributed by atoms with van der Waals surface area (Å²) in [7, 11) is 1.18. The van der Waals surface area contributed by atoms with Gasteiger partial charge in [0.15, 0.2) is 0 Å². The molecule has 0 unspecified atom stereocenters. The number of methoxy groups -OCH3 is 1. The van der Waals surface area contributed by atoms with E-state index in [9.17, 15) is 9.59 Å². The molecule has 0 saturated heterocycles. The molecule has 0 aromatic rings. The molecule has 0 heterocycles. The summed E-state index contributed by atoms with van der Waals surface area (Å²) in [5.41, 5.74) is 2.49. The fraction of sp³-hybridized carbons (Fsp3) is 0.538. The van der Waals surface area contributed by atoms with E-state index in [1.54, 1.807) is 0 Å². The first-order valence-corrected chi connectivity index (χ1v) is 5.62. The van der Waals surface area contributed by atoms with Crippen molar-refractivity contribution >= 4 is 11.9 Å². The smallest absolute Gasteiger partial charge is 0.396 e. The monoisotopic (exact) mass is 239 g/mol. The average Bonchev–Trinajstić information content (AvgIpc) is 2.27. The Hall–Kier alpha value is -1.58. The first-order valence-electron chi connectivity index (χ1n) is 5.62. The van der Waals surface area contributed by atoms with Crippen molar-refractivity contribution in [2.24, 2.45) is 0 Å². The molecule has 0 aromatic heterocycles. The Kier molecular flexibility index (Phi) is 7.76. The van der Waals surface area contributed by atoms with Crippen LogP contribution in [0.3, 0.4) is 0 Å². The van der Waals surface area contributed by atoms with Gasteiger partial charge < -0.3 is 10.1 Å². The number of esters is 1. The molecule has 17 heavy (non-hydrogen) atoms. The molecule has 96 valence electrons. The highest BCUT2D eigenvalue weighted by Crippen LogP contribution is 2.05. The van der Waals surface area contributed by atoms with Crippen molar-refractivity contribution in [3.63, 3.8) is 0 Å². The zero-order valence-electron chi connectivity index (χ0n) is 11.0. The Bertz CT molecular complexity index is 326. The Morgan fingerprint density at radius 3 is 2.35 bits per heavy atom. The van der Waals surface area contributed by atoms with Gasteiger partial charge >= 0.3 is 11.9 Å². The molecule has 0 bridgehead atoms. The van der Waals surface area contributed by atoms with Crippen LogP contribution in [-0.2, 0) is 14.3 Å². The van der Waals surface area contributed by atoms with Crippen LogP contribution in [0.2, 0.25) is 0 Å². The summed E-state index contributed by atoms with van der Waals surface area (Å²) >= 11 is 0. The molecule has 0 aromatic carbocycles. The van der Waals surface area contributed by atoms with E-state index >= 15 is 0 Å². The van der Waals surface area contributed by atoms with Gasteiger partial charge in [0.25, 0.3) is 0 Å². The first kappa shape index (κ1) is 15.4. The molecule has 0 saturated carbocycles. The second-order valence-electron chi connectivity index (χ2n) is 4.07. The lowest BCUT2D eigenvalue weighted by Crippen LogP contribution is -2.31. The maximum absolute atomic E-state index is 11.0. The largest absolute Gasteiger partial charge is 0.462 e. The van der Waals surface area contributed by atoms with Crippen LogP contribution in [0.25, 0.3) is 0 Å². The molecule has 0 aliphatic rings. The summed E-state index contributed by atoms with van der Waals surface area (Å²) in [5, 5.41) is 2.46. The number of hydrogen-bond acceptors (Lipinski definition) is 3. The summed E-state index contributed by atoms with van der Waals surface area (Å²) in [4.78, 5) is 21.8. The number of amides is 1. The third kappa shape index (κ3) is 8.25. The molecule has 4 nitrogen and oxygen atoms in total. The number of carbonyl (C=O) groups is 2. The van der Waals surface area contributed by atoms with Crippen LogP contribution in [0.15, 0.2) is 23.3 Å². The fourth-order valence-electron chi connectivity index (χ4n) is 1.17. The predicted octanol–water partition coefficient (Wildman–Crippen LogP) is 1.97. The lowest BCUT2D eigenvalue weighted by molar-refractivity contribution is -0.152. The Morgan fingerprint density at radius 1 is 1.18 bits per heavy atom. The van der Waals surface area contributed by atoms with E-state index < -0.39 is 11.9 Å². The normalized spacial score (nSPS) is 10.7. The van der Waals surface area contributed by atoms with E-state index in [-0.39, 0.29) is 0 Å². The highest BCUT2D eigenvalue weighted by Gasteiger charge is 2.11. The number of ether oxygens (including phenoxy) is 1. The van der Waals surface area contributed by atoms with E-state index in [0.717, 1.165) is 12.8 Å². The number of hydrogen-bond donors (Lipinski definition) is 1. The van der Waals surface area contributed by atoms with Crippen molar-refractivity contribution < 1.29 is 14.3 Å². The standard InChI is InChI=1S/C13H21NO3/c1-10(2)6-5-7-11(3)8-9-14-12(15)13(16)17-4/h6,8H,5,7,9H2,1-4H3,(H,14,15)/b11-8-. The molecular weight excluding hydrogens is 218 g/mol. The van der Waals surface area contributed by atoms with E-state index in [2.05, 4.69) is 30.0 Å². The molecule has 1 N–H and O–H groups in total. The van der Waals surface area contributed by atoms with Gasteiger partial charge in [-0.1, -0.05) is 23.3 Å². The predicted molar refractivity (Wildman–Crippen MR) is 67.4 cm³/mol. The van der Waals surface area contributed by atoms with Gasteiger partial charge in [0.05, 0.1) is 7.11 Å². The minimum absolute atomic E-state index is 0.356. The van der Waals surface area contributed by atoms with Gasteiger partial charge in [-0.15, -0.1) is 0 Å². The van der Waals surface area contributed by atoms with Gasteiger partial charge in [0.2, 0.25) is 0 Å². The zero-order chi connectivity index (χ0) is 13.3. The quantitative estimate of drug-likeness (QED) is 0.453. The third-order valence-electron chi connectivity index (χ3n) is 2.18. The van der Waals surface area contributed by atoms with Crippen LogP contribution in [0, 0.1) is 0 Å². The Labute approximate surface area is 103 Å². The van der Waals surface area contributed by atoms with E-state index in [4.69, 9.17) is 0 Å². The molecule has 0 spiro atoms. The summed E-state index contributed by atoms with van der Waals surface area (Å²) in [6, 6.07) is 0. The van der Waals surface area contributed by atoms with Crippen molar-refractivity contribution in [2.75, 3.05) is 13.7 Å². The van der Waals surface area contributed by atoms with E-state index in [1.807, 2.05) is 13.0 Å². The van der Waals surface area contributed by atoms with Crippen LogP contribution in [-0.4, -0.2) is 25.5 Å². The summed E-state index contributed by atoms with van der Waals surface area (Å²) in [5.74, 6) is -1.57. The van der Waals surface area contributed by atoms with Crippen LogP contribution in [0.5, 0.6) is 0 Å². The maximum Gasteiger partial charge on any atom is 0.396 e. The number of rotatable bonds is 5. The van der Waals surface area contributed by atoms with Crippen molar-refractivity contribution in [2.45, 2.75) is 33.6 Å². The first-order chi connectivity index (χ1) is 7.97. The Morgan fingerprint density at radius 2 is 1.82 bits per heavy atom. The maximum atomic E-state index is 11.0. The molecule has 0 aliphatic heterocycles. The molecule has 0 atom stereocenters. The van der Waals surface area contributed by atoms with Crippen molar-refractivity contribution in [1.29, 1.82) is 0 Å². The second kappa shape index (κ2) is 8.56. The highest BCUT2D eigenvalue weighted by atomic mass is 16.5. The minimum Gasteiger partial charge on any atom is -0.462 e. The SMILES string of the molecule is COC(=O)C(=O)NC/C=C(/C)CCC=C(C)C. The van der Waals surface area contributed by atoms with E-state index in [1.165, 1.54) is 18.3 Å². The number of nitrogens with one attached hydrogen (secondary N) is 1. The summed E-state index contributed by atoms with van der Waals surface area (Å²) in [6.07, 6.45) is 6.03. The second-order valence-corrected chi connectivity index (χ2v) is 4.07. The molecule has 0 fully saturated rings. The van der Waals surface area contributed by atoms with Crippen LogP contribution in [0.4, 0.5) is 0 Å². The highest BCUT2D eigenvalue weighted by molar-refractivity contribution is 6.32. The average molecular weight is 239 g/mol. The molecule has 4 heteroatoms.